The number of hydrogen-bond donors (Lipinski definition) is 2. The quantitative estimate of drug-likeness (QED) is 0.789. The molecule has 0 saturated heterocycles. The molecule has 4 N–H and O–H groups in total. The van der Waals surface area contributed by atoms with Crippen molar-refractivity contribution in [1.29, 1.82) is 0 Å². The molecule has 0 aliphatic heterocycles. The highest BCUT2D eigenvalue weighted by Gasteiger charge is 2.14. The van der Waals surface area contributed by atoms with Gasteiger partial charge in [0, 0.05) is 11.1 Å². The molecule has 0 aliphatic carbocycles. The molecule has 82 valence electrons. The number of rotatable bonds is 2. The number of carbonyl (C=O) groups is 2. The van der Waals surface area contributed by atoms with Crippen molar-refractivity contribution in [1.82, 2.24) is 0 Å². The van der Waals surface area contributed by atoms with E-state index in [-0.39, 0.29) is 12.4 Å². The van der Waals surface area contributed by atoms with Crippen LogP contribution in [0.1, 0.15) is 31.8 Å². The fraction of sp³-hybridized carbons (Fsp3) is 0.200. The van der Waals surface area contributed by atoms with Crippen molar-refractivity contribution in [2.45, 2.75) is 13.8 Å². The lowest BCUT2D eigenvalue weighted by Gasteiger charge is -2.08. The number of benzene rings is 1. The topological polar surface area (TPSA) is 86.2 Å². The van der Waals surface area contributed by atoms with Gasteiger partial charge in [-0.1, -0.05) is 6.07 Å². The van der Waals surface area contributed by atoms with Crippen LogP contribution in [0.5, 0.6) is 0 Å². The molecule has 0 fully saturated rings. The van der Waals surface area contributed by atoms with E-state index in [2.05, 4.69) is 0 Å². The zero-order chi connectivity index (χ0) is 10.9. The Kier molecular flexibility index (Phi) is 4.30. The van der Waals surface area contributed by atoms with Crippen LogP contribution in [-0.4, -0.2) is 11.8 Å². The van der Waals surface area contributed by atoms with Crippen LogP contribution in [-0.2, 0) is 0 Å². The summed E-state index contributed by atoms with van der Waals surface area (Å²) in [6, 6.07) is 3.26. The molecule has 1 aromatic rings. The summed E-state index contributed by atoms with van der Waals surface area (Å²) in [6.45, 7) is 3.42. The first kappa shape index (κ1) is 13.4. The van der Waals surface area contributed by atoms with E-state index in [4.69, 9.17) is 11.5 Å². The van der Waals surface area contributed by atoms with Crippen LogP contribution >= 0.6 is 12.4 Å². The predicted molar refractivity (Wildman–Crippen MR) is 60.2 cm³/mol. The monoisotopic (exact) mass is 228 g/mol. The van der Waals surface area contributed by atoms with Gasteiger partial charge in [0.1, 0.15) is 0 Å². The highest BCUT2D eigenvalue weighted by Crippen LogP contribution is 2.17. The van der Waals surface area contributed by atoms with Crippen LogP contribution < -0.4 is 11.5 Å². The van der Waals surface area contributed by atoms with E-state index < -0.39 is 11.8 Å². The molecule has 0 aliphatic rings. The van der Waals surface area contributed by atoms with Gasteiger partial charge in [-0.2, -0.15) is 0 Å². The lowest BCUT2D eigenvalue weighted by Crippen LogP contribution is -2.19. The molecular formula is C10H13ClN2O2. The van der Waals surface area contributed by atoms with Gasteiger partial charge in [-0.25, -0.2) is 0 Å². The van der Waals surface area contributed by atoms with Gasteiger partial charge in [0.05, 0.1) is 0 Å². The first-order chi connectivity index (χ1) is 6.45. The third-order valence-electron chi connectivity index (χ3n) is 2.19. The minimum absolute atomic E-state index is 0. The van der Waals surface area contributed by atoms with Crippen LogP contribution in [0.4, 0.5) is 0 Å². The van der Waals surface area contributed by atoms with Crippen LogP contribution in [0.3, 0.4) is 0 Å². The van der Waals surface area contributed by atoms with Crippen LogP contribution in [0.15, 0.2) is 12.1 Å². The van der Waals surface area contributed by atoms with Crippen molar-refractivity contribution in [3.8, 4) is 0 Å². The number of halogens is 1. The molecule has 1 aromatic carbocycles. The summed E-state index contributed by atoms with van der Waals surface area (Å²) in [4.78, 5) is 22.1. The molecule has 0 saturated carbocycles. The number of primary amides is 2. The van der Waals surface area contributed by atoms with Crippen LogP contribution in [0, 0.1) is 13.8 Å². The Hall–Kier alpha value is -1.55. The Bertz CT molecular complexity index is 416. The van der Waals surface area contributed by atoms with Gasteiger partial charge >= 0.3 is 0 Å². The summed E-state index contributed by atoms with van der Waals surface area (Å²) in [7, 11) is 0. The molecule has 0 radical (unpaired) electrons. The first-order valence-corrected chi connectivity index (χ1v) is 4.15. The van der Waals surface area contributed by atoms with E-state index in [1.54, 1.807) is 26.0 Å². The third-order valence-corrected chi connectivity index (χ3v) is 2.19. The molecule has 15 heavy (non-hydrogen) atoms. The maximum Gasteiger partial charge on any atom is 0.249 e. The van der Waals surface area contributed by atoms with Gasteiger partial charge in [-0.05, 0) is 31.0 Å². The van der Waals surface area contributed by atoms with Gasteiger partial charge < -0.3 is 11.5 Å². The van der Waals surface area contributed by atoms with E-state index in [0.29, 0.717) is 16.7 Å². The van der Waals surface area contributed by atoms with Crippen molar-refractivity contribution in [2.24, 2.45) is 11.5 Å². The molecular weight excluding hydrogens is 216 g/mol. The average Bonchev–Trinajstić information content (AvgIpc) is 2.02. The van der Waals surface area contributed by atoms with Gasteiger partial charge in [-0.15, -0.1) is 12.4 Å². The number of nitrogens with two attached hydrogens (primary N) is 2. The minimum Gasteiger partial charge on any atom is -0.366 e. The summed E-state index contributed by atoms with van der Waals surface area (Å²) in [5, 5.41) is 0. The van der Waals surface area contributed by atoms with Gasteiger partial charge in [0.25, 0.3) is 0 Å². The van der Waals surface area contributed by atoms with Crippen LogP contribution in [0.25, 0.3) is 0 Å². The van der Waals surface area contributed by atoms with E-state index in [0.717, 1.165) is 5.56 Å². The predicted octanol–water partition coefficient (Wildman–Crippen LogP) is 0.923. The second-order valence-electron chi connectivity index (χ2n) is 3.16. The molecule has 5 heteroatoms. The summed E-state index contributed by atoms with van der Waals surface area (Å²) in [6.07, 6.45) is 0. The Morgan fingerprint density at radius 3 is 2.00 bits per heavy atom. The van der Waals surface area contributed by atoms with Gasteiger partial charge in [-0.3, -0.25) is 9.59 Å². The largest absolute Gasteiger partial charge is 0.366 e. The number of aryl methyl sites for hydroxylation is 1. The molecule has 4 nitrogen and oxygen atoms in total. The van der Waals surface area contributed by atoms with Gasteiger partial charge in [0.15, 0.2) is 0 Å². The second-order valence-corrected chi connectivity index (χ2v) is 3.16. The van der Waals surface area contributed by atoms with Crippen molar-refractivity contribution in [3.05, 3.63) is 34.4 Å². The standard InChI is InChI=1S/C10H12N2O2.ClH/c1-5-3-4-7(9(11)13)6(2)8(5)10(12)14;/h3-4H,1-2H3,(H2,11,13)(H2,12,14);1H. The molecule has 2 amide bonds. The number of amides is 2. The van der Waals surface area contributed by atoms with E-state index in [9.17, 15) is 9.59 Å². The first-order valence-electron chi connectivity index (χ1n) is 4.15. The summed E-state index contributed by atoms with van der Waals surface area (Å²) < 4.78 is 0. The lowest BCUT2D eigenvalue weighted by molar-refractivity contribution is 0.0998. The highest BCUT2D eigenvalue weighted by atomic mass is 35.5. The smallest absolute Gasteiger partial charge is 0.249 e. The average molecular weight is 229 g/mol. The molecule has 0 aromatic heterocycles. The van der Waals surface area contributed by atoms with Crippen LogP contribution in [0.2, 0.25) is 0 Å². The number of hydrogen-bond acceptors (Lipinski definition) is 2. The van der Waals surface area contributed by atoms with Gasteiger partial charge in [0.2, 0.25) is 11.8 Å². The Balaban J connectivity index is 0.00000196. The molecule has 0 spiro atoms. The van der Waals surface area contributed by atoms with E-state index >= 15 is 0 Å². The van der Waals surface area contributed by atoms with E-state index in [1.165, 1.54) is 0 Å². The molecule has 0 unspecified atom stereocenters. The van der Waals surface area contributed by atoms with Crippen molar-refractivity contribution < 1.29 is 9.59 Å². The summed E-state index contributed by atoms with van der Waals surface area (Å²) >= 11 is 0. The normalized spacial score (nSPS) is 9.20. The van der Waals surface area contributed by atoms with Crippen molar-refractivity contribution in [2.75, 3.05) is 0 Å². The fourth-order valence-electron chi connectivity index (χ4n) is 1.49. The molecule has 1 rings (SSSR count). The minimum atomic E-state index is -0.551. The second kappa shape index (κ2) is 4.79. The van der Waals surface area contributed by atoms with Crippen molar-refractivity contribution >= 4 is 24.2 Å². The summed E-state index contributed by atoms with van der Waals surface area (Å²) in [5.41, 5.74) is 12.3. The highest BCUT2D eigenvalue weighted by molar-refractivity contribution is 6.01. The van der Waals surface area contributed by atoms with E-state index in [1.807, 2.05) is 0 Å². The third kappa shape index (κ3) is 2.47. The zero-order valence-corrected chi connectivity index (χ0v) is 9.35. The lowest BCUT2D eigenvalue weighted by atomic mass is 9.97. The Labute approximate surface area is 94.0 Å². The maximum absolute atomic E-state index is 11.1. The fourth-order valence-corrected chi connectivity index (χ4v) is 1.49. The SMILES string of the molecule is Cc1ccc(C(N)=O)c(C)c1C(N)=O.Cl. The zero-order valence-electron chi connectivity index (χ0n) is 8.53. The van der Waals surface area contributed by atoms with Crippen molar-refractivity contribution in [3.63, 3.8) is 0 Å². The maximum atomic E-state index is 11.1. The molecule has 0 bridgehead atoms. The molecule has 0 heterocycles. The Morgan fingerprint density at radius 1 is 1.07 bits per heavy atom. The molecule has 0 atom stereocenters. The number of carbonyl (C=O) groups excluding carboxylic acids is 2. The summed E-state index contributed by atoms with van der Waals surface area (Å²) in [5.74, 6) is -1.09. The Morgan fingerprint density at radius 2 is 1.60 bits per heavy atom.